The Hall–Kier alpha value is -1.10. The molecule has 2 rings (SSSR count). The van der Waals surface area contributed by atoms with Crippen molar-refractivity contribution in [2.45, 2.75) is 44.7 Å². The number of carbonyl (C=O) groups excluding carboxylic acids is 1. The van der Waals surface area contributed by atoms with Gasteiger partial charge in [0.05, 0.1) is 6.61 Å². The van der Waals surface area contributed by atoms with Gasteiger partial charge in [-0.05, 0) is 38.5 Å². The average molecular weight is 241 g/mol. The Morgan fingerprint density at radius 2 is 2.00 bits per heavy atom. The van der Waals surface area contributed by atoms with E-state index >= 15 is 0 Å². The molecule has 0 saturated heterocycles. The van der Waals surface area contributed by atoms with Crippen molar-refractivity contribution >= 4 is 11.9 Å². The number of hydrogen-bond donors (Lipinski definition) is 1. The summed E-state index contributed by atoms with van der Waals surface area (Å²) >= 11 is 0. The van der Waals surface area contributed by atoms with Gasteiger partial charge >= 0.3 is 5.97 Å². The van der Waals surface area contributed by atoms with E-state index in [0.29, 0.717) is 12.5 Å². The van der Waals surface area contributed by atoms with Gasteiger partial charge in [0.1, 0.15) is 12.6 Å². The van der Waals surface area contributed by atoms with Crippen molar-refractivity contribution in [2.24, 2.45) is 5.92 Å². The Bertz CT molecular complexity index is 310. The van der Waals surface area contributed by atoms with Gasteiger partial charge in [0.15, 0.2) is 0 Å². The first kappa shape index (κ1) is 12.4. The van der Waals surface area contributed by atoms with E-state index < -0.39 is 12.0 Å². The molecule has 1 N–H and O–H groups in total. The molecule has 0 heterocycles. The second kappa shape index (κ2) is 5.04. The Labute approximate surface area is 101 Å². The molecule has 1 amide bonds. The van der Waals surface area contributed by atoms with Gasteiger partial charge in [-0.25, -0.2) is 4.79 Å². The standard InChI is InChI=1S/C12H19NO4/c1-8(12(15)16)13(10-4-5-10)11(14)7-17-6-9-2-3-9/h8-10H,2-7H2,1H3,(H,15,16). The summed E-state index contributed by atoms with van der Waals surface area (Å²) in [6.45, 7) is 2.20. The minimum atomic E-state index is -0.951. The lowest BCUT2D eigenvalue weighted by atomic mass is 10.2. The van der Waals surface area contributed by atoms with Crippen molar-refractivity contribution in [1.29, 1.82) is 0 Å². The summed E-state index contributed by atoms with van der Waals surface area (Å²) in [4.78, 5) is 24.3. The molecule has 1 atom stereocenters. The van der Waals surface area contributed by atoms with Crippen LogP contribution in [-0.4, -0.2) is 47.2 Å². The molecule has 2 aliphatic rings. The number of aliphatic carboxylic acids is 1. The number of amides is 1. The van der Waals surface area contributed by atoms with Crippen LogP contribution in [0, 0.1) is 5.92 Å². The van der Waals surface area contributed by atoms with Gasteiger partial charge in [-0.3, -0.25) is 4.79 Å². The predicted octanol–water partition coefficient (Wildman–Crippen LogP) is 0.877. The smallest absolute Gasteiger partial charge is 0.326 e. The summed E-state index contributed by atoms with van der Waals surface area (Å²) in [5, 5.41) is 8.97. The normalized spacial score (nSPS) is 21.0. The van der Waals surface area contributed by atoms with E-state index in [1.807, 2.05) is 0 Å². The molecule has 0 aromatic heterocycles. The third-order valence-corrected chi connectivity index (χ3v) is 3.28. The largest absolute Gasteiger partial charge is 0.480 e. The number of carboxylic acids is 1. The Morgan fingerprint density at radius 3 is 2.47 bits per heavy atom. The number of carboxylic acid groups (broad SMARTS) is 1. The van der Waals surface area contributed by atoms with Crippen LogP contribution >= 0.6 is 0 Å². The van der Waals surface area contributed by atoms with Crippen LogP contribution in [0.2, 0.25) is 0 Å². The lowest BCUT2D eigenvalue weighted by Gasteiger charge is -2.26. The minimum Gasteiger partial charge on any atom is -0.480 e. The minimum absolute atomic E-state index is 0.0185. The van der Waals surface area contributed by atoms with Crippen molar-refractivity contribution in [2.75, 3.05) is 13.2 Å². The summed E-state index contributed by atoms with van der Waals surface area (Å²) < 4.78 is 5.32. The number of hydrogen-bond acceptors (Lipinski definition) is 3. The molecule has 0 radical (unpaired) electrons. The van der Waals surface area contributed by atoms with Crippen LogP contribution in [-0.2, 0) is 14.3 Å². The monoisotopic (exact) mass is 241 g/mol. The van der Waals surface area contributed by atoms with E-state index in [-0.39, 0.29) is 18.6 Å². The molecule has 0 aromatic carbocycles. The molecule has 96 valence electrons. The maximum Gasteiger partial charge on any atom is 0.326 e. The summed E-state index contributed by atoms with van der Waals surface area (Å²) in [5.74, 6) is -0.524. The van der Waals surface area contributed by atoms with Crippen molar-refractivity contribution in [3.8, 4) is 0 Å². The highest BCUT2D eigenvalue weighted by molar-refractivity contribution is 5.84. The van der Waals surface area contributed by atoms with Crippen molar-refractivity contribution < 1.29 is 19.4 Å². The van der Waals surface area contributed by atoms with E-state index in [0.717, 1.165) is 12.8 Å². The third kappa shape index (κ3) is 3.43. The van der Waals surface area contributed by atoms with Gasteiger partial charge in [-0.2, -0.15) is 0 Å². The van der Waals surface area contributed by atoms with Gasteiger partial charge in [0.25, 0.3) is 0 Å². The van der Waals surface area contributed by atoms with Crippen molar-refractivity contribution in [3.05, 3.63) is 0 Å². The second-order valence-electron chi connectivity index (χ2n) is 5.00. The van der Waals surface area contributed by atoms with E-state index in [1.165, 1.54) is 17.7 Å². The van der Waals surface area contributed by atoms with Crippen molar-refractivity contribution in [1.82, 2.24) is 4.90 Å². The molecule has 2 saturated carbocycles. The van der Waals surface area contributed by atoms with Gasteiger partial charge in [0.2, 0.25) is 5.91 Å². The zero-order chi connectivity index (χ0) is 12.4. The zero-order valence-corrected chi connectivity index (χ0v) is 10.1. The van der Waals surface area contributed by atoms with Crippen LogP contribution in [0.3, 0.4) is 0 Å². The molecule has 17 heavy (non-hydrogen) atoms. The molecular weight excluding hydrogens is 222 g/mol. The highest BCUT2D eigenvalue weighted by Crippen LogP contribution is 2.30. The molecule has 5 heteroatoms. The Kier molecular flexibility index (Phi) is 3.66. The molecule has 0 aliphatic heterocycles. The molecule has 0 spiro atoms. The fourth-order valence-electron chi connectivity index (χ4n) is 1.88. The third-order valence-electron chi connectivity index (χ3n) is 3.28. The summed E-state index contributed by atoms with van der Waals surface area (Å²) in [7, 11) is 0. The fourth-order valence-corrected chi connectivity index (χ4v) is 1.88. The molecule has 2 fully saturated rings. The van der Waals surface area contributed by atoms with Crippen LogP contribution < -0.4 is 0 Å². The number of rotatable bonds is 7. The van der Waals surface area contributed by atoms with E-state index in [2.05, 4.69) is 0 Å². The van der Waals surface area contributed by atoms with Gasteiger partial charge < -0.3 is 14.7 Å². The summed E-state index contributed by atoms with van der Waals surface area (Å²) in [5.41, 5.74) is 0. The van der Waals surface area contributed by atoms with Gasteiger partial charge in [-0.1, -0.05) is 0 Å². The first-order chi connectivity index (χ1) is 8.09. The number of carbonyl (C=O) groups is 2. The average Bonchev–Trinajstić information content (AvgIpc) is 3.12. The lowest BCUT2D eigenvalue weighted by molar-refractivity contribution is -0.152. The van der Waals surface area contributed by atoms with Crippen LogP contribution in [0.1, 0.15) is 32.6 Å². The van der Waals surface area contributed by atoms with Crippen LogP contribution in [0.15, 0.2) is 0 Å². The maximum atomic E-state index is 11.9. The summed E-state index contributed by atoms with van der Waals surface area (Å²) in [6, 6.07) is -0.641. The quantitative estimate of drug-likeness (QED) is 0.718. The molecule has 2 aliphatic carbocycles. The number of ether oxygens (including phenoxy) is 1. The topological polar surface area (TPSA) is 66.8 Å². The Balaban J connectivity index is 1.81. The second-order valence-corrected chi connectivity index (χ2v) is 5.00. The maximum absolute atomic E-state index is 11.9. The summed E-state index contributed by atoms with van der Waals surface area (Å²) in [6.07, 6.45) is 4.19. The Morgan fingerprint density at radius 1 is 1.35 bits per heavy atom. The predicted molar refractivity (Wildman–Crippen MR) is 60.5 cm³/mol. The fraction of sp³-hybridized carbons (Fsp3) is 0.833. The molecular formula is C12H19NO4. The molecule has 1 unspecified atom stereocenters. The highest BCUT2D eigenvalue weighted by Gasteiger charge is 2.38. The number of nitrogens with zero attached hydrogens (tertiary/aromatic N) is 1. The van der Waals surface area contributed by atoms with E-state index in [1.54, 1.807) is 6.92 Å². The van der Waals surface area contributed by atoms with Crippen LogP contribution in [0.4, 0.5) is 0 Å². The molecule has 0 aromatic rings. The highest BCUT2D eigenvalue weighted by atomic mass is 16.5. The van der Waals surface area contributed by atoms with Crippen LogP contribution in [0.25, 0.3) is 0 Å². The van der Waals surface area contributed by atoms with Crippen molar-refractivity contribution in [3.63, 3.8) is 0 Å². The van der Waals surface area contributed by atoms with Crippen LogP contribution in [0.5, 0.6) is 0 Å². The molecule has 5 nitrogen and oxygen atoms in total. The lowest BCUT2D eigenvalue weighted by Crippen LogP contribution is -2.46. The van der Waals surface area contributed by atoms with Gasteiger partial charge in [0, 0.05) is 6.04 Å². The van der Waals surface area contributed by atoms with E-state index in [9.17, 15) is 9.59 Å². The molecule has 0 bridgehead atoms. The SMILES string of the molecule is CC(C(=O)O)N(C(=O)COCC1CC1)C1CC1. The first-order valence-electron chi connectivity index (χ1n) is 6.21. The van der Waals surface area contributed by atoms with E-state index in [4.69, 9.17) is 9.84 Å². The first-order valence-corrected chi connectivity index (χ1v) is 6.21. The zero-order valence-electron chi connectivity index (χ0n) is 10.1. The van der Waals surface area contributed by atoms with Gasteiger partial charge in [-0.15, -0.1) is 0 Å².